The van der Waals surface area contributed by atoms with E-state index in [9.17, 15) is 14.3 Å². The second-order valence-electron chi connectivity index (χ2n) is 4.66. The number of rotatable bonds is 2. The van der Waals surface area contributed by atoms with Gasteiger partial charge >= 0.3 is 5.97 Å². The molecule has 3 rings (SSSR count). The van der Waals surface area contributed by atoms with Crippen LogP contribution in [0.3, 0.4) is 0 Å². The lowest BCUT2D eigenvalue weighted by Crippen LogP contribution is -2.23. The first-order valence-electron chi connectivity index (χ1n) is 6.09. The molecular weight excluding hydrogens is 265 g/mol. The molecule has 1 N–H and O–H groups in total. The lowest BCUT2D eigenvalue weighted by Gasteiger charge is -2.22. The van der Waals surface area contributed by atoms with Crippen LogP contribution in [0.5, 0.6) is 0 Å². The number of aliphatic carboxylic acids is 1. The average Bonchev–Trinajstić information content (AvgIpc) is 2.81. The Morgan fingerprint density at radius 3 is 2.95 bits per heavy atom. The van der Waals surface area contributed by atoms with Crippen molar-refractivity contribution in [3.05, 3.63) is 41.2 Å². The molecule has 1 aliphatic carbocycles. The van der Waals surface area contributed by atoms with Gasteiger partial charge in [-0.3, -0.25) is 4.79 Å². The van der Waals surface area contributed by atoms with Gasteiger partial charge in [0, 0.05) is 5.92 Å². The number of thiazole rings is 1. The van der Waals surface area contributed by atoms with Crippen LogP contribution in [0.1, 0.15) is 23.8 Å². The third-order valence-electron chi connectivity index (χ3n) is 3.43. The maximum Gasteiger partial charge on any atom is 0.307 e. The van der Waals surface area contributed by atoms with Crippen LogP contribution in [0.25, 0.3) is 10.2 Å². The first-order valence-corrected chi connectivity index (χ1v) is 6.90. The van der Waals surface area contributed by atoms with E-state index in [1.54, 1.807) is 6.07 Å². The number of nitrogens with zero attached hydrogens (tertiary/aromatic N) is 1. The van der Waals surface area contributed by atoms with Gasteiger partial charge in [-0.05, 0) is 31.0 Å². The van der Waals surface area contributed by atoms with E-state index in [2.05, 4.69) is 4.98 Å². The summed E-state index contributed by atoms with van der Waals surface area (Å²) in [5.41, 5.74) is 0.736. The summed E-state index contributed by atoms with van der Waals surface area (Å²) in [7, 11) is 0. The number of allylic oxidation sites excluding steroid dienone is 2. The molecule has 0 aliphatic heterocycles. The molecule has 0 saturated heterocycles. The van der Waals surface area contributed by atoms with Gasteiger partial charge in [-0.2, -0.15) is 0 Å². The first kappa shape index (κ1) is 12.3. The smallest absolute Gasteiger partial charge is 0.307 e. The molecule has 5 heteroatoms. The van der Waals surface area contributed by atoms with E-state index in [4.69, 9.17) is 0 Å². The van der Waals surface area contributed by atoms with Gasteiger partial charge in [0.1, 0.15) is 5.82 Å². The number of halogens is 1. The van der Waals surface area contributed by atoms with Crippen molar-refractivity contribution in [2.45, 2.75) is 18.8 Å². The van der Waals surface area contributed by atoms with E-state index < -0.39 is 11.9 Å². The lowest BCUT2D eigenvalue weighted by molar-refractivity contribution is -0.142. The fourth-order valence-electron chi connectivity index (χ4n) is 2.43. The van der Waals surface area contributed by atoms with Crippen LogP contribution in [-0.2, 0) is 4.79 Å². The molecule has 1 heterocycles. The molecule has 3 nitrogen and oxygen atoms in total. The molecule has 0 spiro atoms. The SMILES string of the molecule is O=C(O)[C@H]1CC=CC[C@H]1c1nc2ccc(F)cc2s1. The Morgan fingerprint density at radius 1 is 1.37 bits per heavy atom. The minimum atomic E-state index is -0.792. The third-order valence-corrected chi connectivity index (χ3v) is 4.58. The molecule has 2 atom stereocenters. The van der Waals surface area contributed by atoms with Crippen molar-refractivity contribution in [1.82, 2.24) is 4.98 Å². The molecule has 1 aromatic heterocycles. The molecule has 2 aromatic rings. The Bertz CT molecular complexity index is 665. The number of hydrogen-bond donors (Lipinski definition) is 1. The van der Waals surface area contributed by atoms with E-state index in [1.807, 2.05) is 12.2 Å². The topological polar surface area (TPSA) is 50.2 Å². The summed E-state index contributed by atoms with van der Waals surface area (Å²) < 4.78 is 13.9. The highest BCUT2D eigenvalue weighted by molar-refractivity contribution is 7.18. The van der Waals surface area contributed by atoms with Gasteiger partial charge in [-0.15, -0.1) is 11.3 Å². The predicted molar refractivity (Wildman–Crippen MR) is 71.8 cm³/mol. The van der Waals surface area contributed by atoms with E-state index in [0.717, 1.165) is 15.2 Å². The Morgan fingerprint density at radius 2 is 2.16 bits per heavy atom. The molecule has 0 fully saturated rings. The quantitative estimate of drug-likeness (QED) is 0.854. The molecular formula is C14H12FNO2S. The molecule has 0 unspecified atom stereocenters. The number of carboxylic acid groups (broad SMARTS) is 1. The van der Waals surface area contributed by atoms with Gasteiger partial charge in [-0.1, -0.05) is 12.2 Å². The van der Waals surface area contributed by atoms with Gasteiger partial charge in [0.05, 0.1) is 21.1 Å². The van der Waals surface area contributed by atoms with Crippen LogP contribution in [0.15, 0.2) is 30.4 Å². The van der Waals surface area contributed by atoms with E-state index in [-0.39, 0.29) is 11.7 Å². The van der Waals surface area contributed by atoms with E-state index in [0.29, 0.717) is 12.8 Å². The molecule has 0 bridgehead atoms. The molecule has 1 aromatic carbocycles. The fourth-order valence-corrected chi connectivity index (χ4v) is 3.61. The number of hydrogen-bond acceptors (Lipinski definition) is 3. The van der Waals surface area contributed by atoms with E-state index in [1.165, 1.54) is 23.5 Å². The van der Waals surface area contributed by atoms with Crippen molar-refractivity contribution in [2.75, 3.05) is 0 Å². The zero-order valence-electron chi connectivity index (χ0n) is 10.0. The summed E-state index contributed by atoms with van der Waals surface area (Å²) in [4.78, 5) is 15.8. The summed E-state index contributed by atoms with van der Waals surface area (Å²) in [5.74, 6) is -1.63. The maximum atomic E-state index is 13.2. The van der Waals surface area contributed by atoms with Crippen molar-refractivity contribution in [2.24, 2.45) is 5.92 Å². The van der Waals surface area contributed by atoms with Crippen molar-refractivity contribution in [3.63, 3.8) is 0 Å². The molecule has 19 heavy (non-hydrogen) atoms. The number of benzene rings is 1. The Labute approximate surface area is 113 Å². The summed E-state index contributed by atoms with van der Waals surface area (Å²) >= 11 is 1.39. The van der Waals surface area contributed by atoms with Crippen LogP contribution < -0.4 is 0 Å². The van der Waals surface area contributed by atoms with Gasteiger partial charge in [-0.25, -0.2) is 9.37 Å². The Hall–Kier alpha value is -1.75. The highest BCUT2D eigenvalue weighted by Crippen LogP contribution is 2.38. The molecule has 0 saturated carbocycles. The standard InChI is InChI=1S/C14H12FNO2S/c15-8-5-6-11-12(7-8)19-13(16-11)9-3-1-2-4-10(9)14(17)18/h1-2,5-7,9-10H,3-4H2,(H,17,18)/t9-,10+/m1/s1. The number of carbonyl (C=O) groups is 1. The second kappa shape index (κ2) is 4.74. The van der Waals surface area contributed by atoms with Crippen molar-refractivity contribution >= 4 is 27.5 Å². The molecule has 0 amide bonds. The maximum absolute atomic E-state index is 13.2. The fraction of sp³-hybridized carbons (Fsp3) is 0.286. The Kier molecular flexibility index (Phi) is 3.06. The predicted octanol–water partition coefficient (Wildman–Crippen LogP) is 3.57. The van der Waals surface area contributed by atoms with Crippen LogP contribution in [0.4, 0.5) is 4.39 Å². The zero-order valence-corrected chi connectivity index (χ0v) is 10.9. The summed E-state index contributed by atoms with van der Waals surface area (Å²) in [5, 5.41) is 10.1. The largest absolute Gasteiger partial charge is 0.481 e. The van der Waals surface area contributed by atoms with Crippen molar-refractivity contribution in [3.8, 4) is 0 Å². The van der Waals surface area contributed by atoms with Crippen molar-refractivity contribution in [1.29, 1.82) is 0 Å². The van der Waals surface area contributed by atoms with Crippen LogP contribution in [0, 0.1) is 11.7 Å². The molecule has 1 aliphatic rings. The van der Waals surface area contributed by atoms with Gasteiger partial charge in [0.2, 0.25) is 0 Å². The second-order valence-corrected chi connectivity index (χ2v) is 5.72. The first-order chi connectivity index (χ1) is 9.15. The number of fused-ring (bicyclic) bond motifs is 1. The third kappa shape index (κ3) is 2.26. The number of aromatic nitrogens is 1. The van der Waals surface area contributed by atoms with Gasteiger partial charge in [0.15, 0.2) is 0 Å². The summed E-state index contributed by atoms with van der Waals surface area (Å²) in [6.07, 6.45) is 5.11. The van der Waals surface area contributed by atoms with Gasteiger partial charge in [0.25, 0.3) is 0 Å². The summed E-state index contributed by atoms with van der Waals surface area (Å²) in [6.45, 7) is 0. The monoisotopic (exact) mass is 277 g/mol. The van der Waals surface area contributed by atoms with Crippen molar-refractivity contribution < 1.29 is 14.3 Å². The van der Waals surface area contributed by atoms with Crippen LogP contribution >= 0.6 is 11.3 Å². The van der Waals surface area contributed by atoms with Crippen LogP contribution in [0.2, 0.25) is 0 Å². The number of carboxylic acids is 1. The van der Waals surface area contributed by atoms with E-state index >= 15 is 0 Å². The molecule has 98 valence electrons. The van der Waals surface area contributed by atoms with Crippen LogP contribution in [-0.4, -0.2) is 16.1 Å². The zero-order chi connectivity index (χ0) is 13.4. The minimum absolute atomic E-state index is 0.108. The normalized spacial score (nSPS) is 22.8. The lowest BCUT2D eigenvalue weighted by atomic mass is 9.83. The minimum Gasteiger partial charge on any atom is -0.481 e. The average molecular weight is 277 g/mol. The highest BCUT2D eigenvalue weighted by atomic mass is 32.1. The summed E-state index contributed by atoms with van der Waals surface area (Å²) in [6, 6.07) is 4.46. The molecule has 0 radical (unpaired) electrons. The van der Waals surface area contributed by atoms with Gasteiger partial charge < -0.3 is 5.11 Å². The Balaban J connectivity index is 2.02. The highest BCUT2D eigenvalue weighted by Gasteiger charge is 2.32.